The predicted molar refractivity (Wildman–Crippen MR) is 120 cm³/mol. The van der Waals surface area contributed by atoms with Gasteiger partial charge in [0.2, 0.25) is 10.0 Å². The zero-order valence-electron chi connectivity index (χ0n) is 18.5. The van der Waals surface area contributed by atoms with E-state index in [1.807, 2.05) is 0 Å². The summed E-state index contributed by atoms with van der Waals surface area (Å²) in [5, 5.41) is 14.5. The maximum Gasteiger partial charge on any atom is 0.319 e. The second kappa shape index (κ2) is 11.6. The number of hydrogen-bond acceptors (Lipinski definition) is 6. The minimum Gasteiger partial charge on any atom is -0.497 e. The lowest BCUT2D eigenvalue weighted by Gasteiger charge is -2.36. The van der Waals surface area contributed by atoms with Gasteiger partial charge in [-0.1, -0.05) is 6.07 Å². The third-order valence-corrected chi connectivity index (χ3v) is 6.87. The Morgan fingerprint density at radius 1 is 1.21 bits per heavy atom. The number of aliphatic hydroxyl groups excluding tert-OH is 1. The first-order valence-corrected chi connectivity index (χ1v) is 12.1. The highest BCUT2D eigenvalue weighted by Crippen LogP contribution is 2.24. The highest BCUT2D eigenvalue weighted by molar-refractivity contribution is 7.89. The summed E-state index contributed by atoms with van der Waals surface area (Å²) in [6.07, 6.45) is 0.184. The van der Waals surface area contributed by atoms with Crippen LogP contribution in [0.1, 0.15) is 19.3 Å². The molecule has 1 saturated heterocycles. The number of ether oxygens (including phenoxy) is 2. The van der Waals surface area contributed by atoms with Gasteiger partial charge in [0.25, 0.3) is 0 Å². The van der Waals surface area contributed by atoms with Crippen LogP contribution in [0, 0.1) is 11.6 Å². The number of carbonyl (C=O) groups excluding carboxylic acids is 1. The maximum atomic E-state index is 13.6. The Morgan fingerprint density at radius 2 is 2.00 bits per heavy atom. The van der Waals surface area contributed by atoms with E-state index in [0.717, 1.165) is 18.2 Å². The number of rotatable bonds is 9. The fourth-order valence-electron chi connectivity index (χ4n) is 3.62. The van der Waals surface area contributed by atoms with Crippen molar-refractivity contribution in [2.75, 3.05) is 25.6 Å². The number of aliphatic hydroxyl groups is 1. The molecule has 3 atom stereocenters. The van der Waals surface area contributed by atoms with Crippen LogP contribution in [0.5, 0.6) is 5.75 Å². The molecular weight excluding hydrogens is 472 g/mol. The molecule has 9 nitrogen and oxygen atoms in total. The van der Waals surface area contributed by atoms with Crippen LogP contribution in [-0.4, -0.2) is 58.1 Å². The molecule has 2 aromatic rings. The Morgan fingerprint density at radius 3 is 2.74 bits per heavy atom. The molecule has 0 bridgehead atoms. The van der Waals surface area contributed by atoms with Gasteiger partial charge in [-0.3, -0.25) is 0 Å². The smallest absolute Gasteiger partial charge is 0.319 e. The summed E-state index contributed by atoms with van der Waals surface area (Å²) < 4.78 is 65.8. The van der Waals surface area contributed by atoms with E-state index in [1.165, 1.54) is 19.2 Å². The number of methoxy groups -OCH3 is 1. The Labute approximate surface area is 196 Å². The molecule has 2 aromatic carbocycles. The number of amides is 2. The SMILES string of the molecule is COc1cccc(S(=O)(=O)N[C@@H]2CC[C@H](CCNC(=O)Nc3cc(F)ccc3F)O[C@@H]2CO)c1. The molecule has 34 heavy (non-hydrogen) atoms. The molecule has 0 aromatic heterocycles. The van der Waals surface area contributed by atoms with Crippen LogP contribution < -0.4 is 20.1 Å². The first-order chi connectivity index (χ1) is 16.2. The Bertz CT molecular complexity index is 1100. The van der Waals surface area contributed by atoms with Gasteiger partial charge in [0.15, 0.2) is 0 Å². The van der Waals surface area contributed by atoms with Crippen LogP contribution in [0.3, 0.4) is 0 Å². The summed E-state index contributed by atoms with van der Waals surface area (Å²) in [6, 6.07) is 7.43. The molecule has 1 heterocycles. The fourth-order valence-corrected chi connectivity index (χ4v) is 4.95. The number of hydrogen-bond donors (Lipinski definition) is 4. The first-order valence-electron chi connectivity index (χ1n) is 10.6. The molecular formula is C22H27F2N3O6S. The van der Waals surface area contributed by atoms with Crippen molar-refractivity contribution in [2.24, 2.45) is 0 Å². The van der Waals surface area contributed by atoms with Gasteiger partial charge in [-0.15, -0.1) is 0 Å². The zero-order valence-corrected chi connectivity index (χ0v) is 19.3. The quantitative estimate of drug-likeness (QED) is 0.420. The normalized spacial score (nSPS) is 20.5. The molecule has 1 aliphatic rings. The average molecular weight is 500 g/mol. The highest BCUT2D eigenvalue weighted by Gasteiger charge is 2.34. The topological polar surface area (TPSA) is 126 Å². The fraction of sp³-hybridized carbons (Fsp3) is 0.409. The third-order valence-electron chi connectivity index (χ3n) is 5.38. The molecule has 0 radical (unpaired) electrons. The van der Waals surface area contributed by atoms with E-state index in [2.05, 4.69) is 15.4 Å². The predicted octanol–water partition coefficient (Wildman–Crippen LogP) is 2.37. The monoisotopic (exact) mass is 499 g/mol. The second-order valence-electron chi connectivity index (χ2n) is 7.76. The van der Waals surface area contributed by atoms with E-state index in [1.54, 1.807) is 12.1 Å². The summed E-state index contributed by atoms with van der Waals surface area (Å²) in [4.78, 5) is 12.0. The summed E-state index contributed by atoms with van der Waals surface area (Å²) in [5.41, 5.74) is -0.280. The van der Waals surface area contributed by atoms with Gasteiger partial charge in [0.05, 0.1) is 42.5 Å². The minimum absolute atomic E-state index is 0.0376. The van der Waals surface area contributed by atoms with E-state index in [0.29, 0.717) is 25.0 Å². The molecule has 2 amide bonds. The Hall–Kier alpha value is -2.80. The molecule has 12 heteroatoms. The van der Waals surface area contributed by atoms with Gasteiger partial charge in [-0.25, -0.2) is 26.7 Å². The van der Waals surface area contributed by atoms with E-state index >= 15 is 0 Å². The van der Waals surface area contributed by atoms with Gasteiger partial charge >= 0.3 is 6.03 Å². The number of nitrogens with one attached hydrogen (secondary N) is 3. The number of anilines is 1. The number of halogens is 2. The van der Waals surface area contributed by atoms with E-state index in [4.69, 9.17) is 9.47 Å². The second-order valence-corrected chi connectivity index (χ2v) is 9.47. The van der Waals surface area contributed by atoms with Crippen LogP contribution in [0.2, 0.25) is 0 Å². The number of benzene rings is 2. The average Bonchev–Trinajstić information content (AvgIpc) is 2.82. The van der Waals surface area contributed by atoms with Crippen molar-refractivity contribution in [3.63, 3.8) is 0 Å². The minimum atomic E-state index is -3.86. The van der Waals surface area contributed by atoms with Crippen molar-refractivity contribution in [3.05, 3.63) is 54.1 Å². The van der Waals surface area contributed by atoms with Crippen molar-refractivity contribution >= 4 is 21.7 Å². The molecule has 3 rings (SSSR count). The van der Waals surface area contributed by atoms with Crippen LogP contribution in [-0.2, 0) is 14.8 Å². The maximum absolute atomic E-state index is 13.6. The summed E-state index contributed by atoms with van der Waals surface area (Å²) in [7, 11) is -2.42. The third kappa shape index (κ3) is 6.86. The molecule has 0 aliphatic carbocycles. The Balaban J connectivity index is 1.49. The molecule has 0 spiro atoms. The van der Waals surface area contributed by atoms with Crippen molar-refractivity contribution in [3.8, 4) is 5.75 Å². The summed E-state index contributed by atoms with van der Waals surface area (Å²) >= 11 is 0. The molecule has 186 valence electrons. The van der Waals surface area contributed by atoms with E-state index in [9.17, 15) is 27.1 Å². The van der Waals surface area contributed by atoms with Crippen LogP contribution in [0.25, 0.3) is 0 Å². The van der Waals surface area contributed by atoms with Crippen molar-refractivity contribution < 1.29 is 36.6 Å². The Kier molecular flexibility index (Phi) is 8.78. The highest BCUT2D eigenvalue weighted by atomic mass is 32.2. The number of sulfonamides is 1. The standard InChI is InChI=1S/C22H27F2N3O6S/c1-32-16-3-2-4-17(12-16)34(30,31)27-19-8-6-15(33-21(19)13-28)9-10-25-22(29)26-20-11-14(23)5-7-18(20)24/h2-5,7,11-12,15,19,21,27-28H,6,8-10,13H2,1H3,(H2,25,26,29)/t15-,19-,21-/m1/s1. The zero-order chi connectivity index (χ0) is 24.7. The molecule has 0 saturated carbocycles. The lowest BCUT2D eigenvalue weighted by Crippen LogP contribution is -2.51. The lowest BCUT2D eigenvalue weighted by atomic mass is 9.98. The van der Waals surface area contributed by atoms with Crippen molar-refractivity contribution in [2.45, 2.75) is 42.4 Å². The molecule has 0 unspecified atom stereocenters. The van der Waals surface area contributed by atoms with Gasteiger partial charge < -0.3 is 25.2 Å². The van der Waals surface area contributed by atoms with Crippen molar-refractivity contribution in [1.82, 2.24) is 10.0 Å². The lowest BCUT2D eigenvalue weighted by molar-refractivity contribution is -0.0871. The van der Waals surface area contributed by atoms with E-state index in [-0.39, 0.29) is 23.2 Å². The molecule has 4 N–H and O–H groups in total. The largest absolute Gasteiger partial charge is 0.497 e. The van der Waals surface area contributed by atoms with Gasteiger partial charge in [-0.2, -0.15) is 0 Å². The molecule has 1 fully saturated rings. The number of urea groups is 1. The number of carbonyl (C=O) groups is 1. The van der Waals surface area contributed by atoms with Gasteiger partial charge in [0, 0.05) is 18.7 Å². The van der Waals surface area contributed by atoms with Gasteiger partial charge in [0.1, 0.15) is 17.4 Å². The van der Waals surface area contributed by atoms with Gasteiger partial charge in [-0.05, 0) is 43.5 Å². The van der Waals surface area contributed by atoms with Crippen molar-refractivity contribution in [1.29, 1.82) is 0 Å². The van der Waals surface area contributed by atoms with Crippen LogP contribution in [0.4, 0.5) is 19.3 Å². The summed E-state index contributed by atoms with van der Waals surface area (Å²) in [5.74, 6) is -1.04. The first kappa shape index (κ1) is 25.8. The molecule has 1 aliphatic heterocycles. The van der Waals surface area contributed by atoms with Crippen LogP contribution in [0.15, 0.2) is 47.4 Å². The van der Waals surface area contributed by atoms with Crippen LogP contribution >= 0.6 is 0 Å². The van der Waals surface area contributed by atoms with E-state index < -0.39 is 46.4 Å². The summed E-state index contributed by atoms with van der Waals surface area (Å²) in [6.45, 7) is -0.222.